The van der Waals surface area contributed by atoms with Crippen LogP contribution >= 0.6 is 0 Å². The number of likely N-dealkylation sites (N-methyl/N-ethyl adjacent to an activating group) is 2. The van der Waals surface area contributed by atoms with Gasteiger partial charge in [0.05, 0.1) is 6.07 Å². The largest absolute Gasteiger partial charge is 0.338 e. The zero-order chi connectivity index (χ0) is 14.3. The Hall–Kier alpha value is -1.08. The number of carbonyl (C=O) groups is 1. The number of amides is 1. The highest BCUT2D eigenvalue weighted by atomic mass is 16.2. The van der Waals surface area contributed by atoms with Crippen LogP contribution in [0.15, 0.2) is 0 Å². The summed E-state index contributed by atoms with van der Waals surface area (Å²) in [6, 6.07) is 2.36. The summed E-state index contributed by atoms with van der Waals surface area (Å²) in [5.74, 6) is -0.0214. The van der Waals surface area contributed by atoms with Crippen molar-refractivity contribution in [2.24, 2.45) is 5.41 Å². The van der Waals surface area contributed by atoms with Crippen molar-refractivity contribution < 1.29 is 4.79 Å². The van der Waals surface area contributed by atoms with Crippen molar-refractivity contribution in [1.29, 1.82) is 5.26 Å². The number of hydrogen-bond acceptors (Lipinski definition) is 3. The minimum Gasteiger partial charge on any atom is -0.338 e. The lowest BCUT2D eigenvalue weighted by Gasteiger charge is -2.35. The van der Waals surface area contributed by atoms with E-state index in [0.29, 0.717) is 19.4 Å². The first kappa shape index (κ1) is 16.9. The molecule has 0 aliphatic carbocycles. The lowest BCUT2D eigenvalue weighted by Crippen LogP contribution is -2.49. The quantitative estimate of drug-likeness (QED) is 0.698. The average Bonchev–Trinajstić information content (AvgIpc) is 2.32. The first-order valence-corrected chi connectivity index (χ1v) is 6.75. The minimum atomic E-state index is -0.851. The molecule has 0 saturated carbocycles. The predicted molar refractivity (Wildman–Crippen MR) is 74.0 cm³/mol. The van der Waals surface area contributed by atoms with E-state index in [0.717, 1.165) is 6.54 Å². The van der Waals surface area contributed by atoms with Gasteiger partial charge in [-0.2, -0.15) is 5.26 Å². The fourth-order valence-corrected chi connectivity index (χ4v) is 2.32. The first-order chi connectivity index (χ1) is 8.38. The van der Waals surface area contributed by atoms with Crippen molar-refractivity contribution in [2.75, 3.05) is 27.2 Å². The van der Waals surface area contributed by atoms with Crippen LogP contribution in [0.1, 0.15) is 40.5 Å². The van der Waals surface area contributed by atoms with Gasteiger partial charge >= 0.3 is 0 Å². The summed E-state index contributed by atoms with van der Waals surface area (Å²) in [7, 11) is 3.98. The molecule has 0 rings (SSSR count). The SMILES string of the molecule is CCN(C(=O)C(C#N)(CC)CC)C(C)CN(C)C. The third-order valence-electron chi connectivity index (χ3n) is 3.59. The van der Waals surface area contributed by atoms with E-state index in [2.05, 4.69) is 11.0 Å². The molecule has 0 heterocycles. The van der Waals surface area contributed by atoms with E-state index in [4.69, 9.17) is 0 Å². The molecule has 4 heteroatoms. The Morgan fingerprint density at radius 1 is 1.28 bits per heavy atom. The molecule has 1 amide bonds. The van der Waals surface area contributed by atoms with Crippen LogP contribution in [0.3, 0.4) is 0 Å². The highest BCUT2D eigenvalue weighted by molar-refractivity contribution is 5.85. The van der Waals surface area contributed by atoms with Crippen LogP contribution < -0.4 is 0 Å². The van der Waals surface area contributed by atoms with Gasteiger partial charge in [0, 0.05) is 19.1 Å². The molecule has 0 spiro atoms. The summed E-state index contributed by atoms with van der Waals surface area (Å²) in [5, 5.41) is 9.35. The molecule has 0 saturated heterocycles. The molecule has 0 radical (unpaired) electrons. The van der Waals surface area contributed by atoms with Gasteiger partial charge in [-0.25, -0.2) is 0 Å². The Kier molecular flexibility index (Phi) is 6.93. The smallest absolute Gasteiger partial charge is 0.243 e. The Labute approximate surface area is 112 Å². The van der Waals surface area contributed by atoms with Gasteiger partial charge < -0.3 is 9.80 Å². The van der Waals surface area contributed by atoms with Gasteiger partial charge in [-0.1, -0.05) is 13.8 Å². The molecule has 0 aromatic heterocycles. The molecule has 104 valence electrons. The van der Waals surface area contributed by atoms with Gasteiger partial charge in [-0.05, 0) is 40.8 Å². The maximum absolute atomic E-state index is 12.6. The summed E-state index contributed by atoms with van der Waals surface area (Å²) in [6.45, 7) is 9.29. The van der Waals surface area contributed by atoms with Crippen LogP contribution in [0, 0.1) is 16.7 Å². The van der Waals surface area contributed by atoms with E-state index >= 15 is 0 Å². The first-order valence-electron chi connectivity index (χ1n) is 6.75. The normalized spacial score (nSPS) is 13.2. The standard InChI is InChI=1S/C14H27N3O/c1-7-14(8-2,11-15)13(18)17(9-3)12(4)10-16(5)6/h12H,7-10H2,1-6H3. The van der Waals surface area contributed by atoms with E-state index in [9.17, 15) is 10.1 Å². The van der Waals surface area contributed by atoms with Crippen LogP contribution in [-0.4, -0.2) is 48.9 Å². The lowest BCUT2D eigenvalue weighted by atomic mass is 9.82. The molecule has 0 aromatic rings. The molecule has 0 N–H and O–H groups in total. The van der Waals surface area contributed by atoms with E-state index in [1.54, 1.807) is 0 Å². The Morgan fingerprint density at radius 2 is 1.78 bits per heavy atom. The molecule has 0 aliphatic heterocycles. The van der Waals surface area contributed by atoms with Crippen LogP contribution in [0.2, 0.25) is 0 Å². The lowest BCUT2D eigenvalue weighted by molar-refractivity contribution is -0.141. The highest BCUT2D eigenvalue weighted by Gasteiger charge is 2.39. The highest BCUT2D eigenvalue weighted by Crippen LogP contribution is 2.28. The Bertz CT molecular complexity index is 303. The number of carbonyl (C=O) groups excluding carboxylic acids is 1. The molecule has 1 unspecified atom stereocenters. The van der Waals surface area contributed by atoms with Gasteiger partial charge in [0.25, 0.3) is 0 Å². The molecule has 1 atom stereocenters. The maximum atomic E-state index is 12.6. The number of hydrogen-bond donors (Lipinski definition) is 0. The van der Waals surface area contributed by atoms with Gasteiger partial charge in [-0.3, -0.25) is 4.79 Å². The summed E-state index contributed by atoms with van der Waals surface area (Å²) in [5.41, 5.74) is -0.851. The molecular formula is C14H27N3O. The van der Waals surface area contributed by atoms with Crippen molar-refractivity contribution in [1.82, 2.24) is 9.80 Å². The predicted octanol–water partition coefficient (Wildman–Crippen LogP) is 2.11. The second-order valence-corrected chi connectivity index (χ2v) is 5.10. The van der Waals surface area contributed by atoms with E-state index in [-0.39, 0.29) is 11.9 Å². The van der Waals surface area contributed by atoms with Crippen molar-refractivity contribution in [3.8, 4) is 6.07 Å². The number of rotatable bonds is 7. The Morgan fingerprint density at radius 3 is 2.06 bits per heavy atom. The van der Waals surface area contributed by atoms with E-state index in [1.807, 2.05) is 46.7 Å². The van der Waals surface area contributed by atoms with Gasteiger partial charge in [0.15, 0.2) is 0 Å². The Balaban J connectivity index is 5.06. The van der Waals surface area contributed by atoms with E-state index < -0.39 is 5.41 Å². The third-order valence-corrected chi connectivity index (χ3v) is 3.59. The summed E-state index contributed by atoms with van der Waals surface area (Å²) in [6.07, 6.45) is 1.15. The number of nitrogens with zero attached hydrogens (tertiary/aromatic N) is 3. The summed E-state index contributed by atoms with van der Waals surface area (Å²) < 4.78 is 0. The molecule has 0 bridgehead atoms. The van der Waals surface area contributed by atoms with E-state index in [1.165, 1.54) is 0 Å². The van der Waals surface area contributed by atoms with Crippen LogP contribution in [0.5, 0.6) is 0 Å². The molecule has 0 aromatic carbocycles. The van der Waals surface area contributed by atoms with Crippen molar-refractivity contribution >= 4 is 5.91 Å². The van der Waals surface area contributed by atoms with Crippen molar-refractivity contribution in [3.63, 3.8) is 0 Å². The zero-order valence-corrected chi connectivity index (χ0v) is 12.7. The molecule has 18 heavy (non-hydrogen) atoms. The summed E-state index contributed by atoms with van der Waals surface area (Å²) >= 11 is 0. The van der Waals surface area contributed by atoms with Gasteiger partial charge in [-0.15, -0.1) is 0 Å². The fourth-order valence-electron chi connectivity index (χ4n) is 2.32. The third kappa shape index (κ3) is 3.71. The monoisotopic (exact) mass is 253 g/mol. The number of nitriles is 1. The van der Waals surface area contributed by atoms with Crippen LogP contribution in [-0.2, 0) is 4.79 Å². The fraction of sp³-hybridized carbons (Fsp3) is 0.857. The van der Waals surface area contributed by atoms with Crippen LogP contribution in [0.4, 0.5) is 0 Å². The second kappa shape index (κ2) is 7.38. The van der Waals surface area contributed by atoms with Crippen molar-refractivity contribution in [3.05, 3.63) is 0 Å². The second-order valence-electron chi connectivity index (χ2n) is 5.10. The summed E-state index contributed by atoms with van der Waals surface area (Å²) in [4.78, 5) is 16.5. The molecule has 0 fully saturated rings. The maximum Gasteiger partial charge on any atom is 0.243 e. The molecule has 0 aliphatic rings. The van der Waals surface area contributed by atoms with Crippen molar-refractivity contribution in [2.45, 2.75) is 46.6 Å². The molecule has 4 nitrogen and oxygen atoms in total. The minimum absolute atomic E-state index is 0.0214. The van der Waals surface area contributed by atoms with Gasteiger partial charge in [0.2, 0.25) is 5.91 Å². The molecular weight excluding hydrogens is 226 g/mol. The zero-order valence-electron chi connectivity index (χ0n) is 12.7. The topological polar surface area (TPSA) is 47.3 Å². The average molecular weight is 253 g/mol. The van der Waals surface area contributed by atoms with Crippen LogP contribution in [0.25, 0.3) is 0 Å². The van der Waals surface area contributed by atoms with Gasteiger partial charge in [0.1, 0.15) is 5.41 Å².